The van der Waals surface area contributed by atoms with Gasteiger partial charge in [0.05, 0.1) is 11.1 Å². The molecule has 5 heterocycles. The van der Waals surface area contributed by atoms with Crippen LogP contribution in [0.3, 0.4) is 0 Å². The minimum absolute atomic E-state index is 0.0226. The van der Waals surface area contributed by atoms with Crippen LogP contribution in [0, 0.1) is 17.7 Å². The Morgan fingerprint density at radius 2 is 1.63 bits per heavy atom. The number of carboxylic acids is 1. The fourth-order valence-electron chi connectivity index (χ4n) is 7.81. The van der Waals surface area contributed by atoms with Gasteiger partial charge in [-0.15, -0.1) is 13.2 Å². The molecule has 3 fully saturated rings. The number of fused-ring (bicyclic) bond motifs is 1. The summed E-state index contributed by atoms with van der Waals surface area (Å²) in [6, 6.07) is 10.1. The predicted molar refractivity (Wildman–Crippen MR) is 202 cm³/mol. The molecule has 0 spiro atoms. The third kappa shape index (κ3) is 10.7. The Labute approximate surface area is 337 Å². The predicted octanol–water partition coefficient (Wildman–Crippen LogP) is 6.62. The molecule has 316 valence electrons. The van der Waals surface area contributed by atoms with E-state index in [-0.39, 0.29) is 35.4 Å². The summed E-state index contributed by atoms with van der Waals surface area (Å²) in [5.41, 5.74) is 1.00. The zero-order valence-corrected chi connectivity index (χ0v) is 31.2. The first-order valence-corrected chi connectivity index (χ1v) is 18.6. The number of carbonyl (C=O) groups is 3. The SMILES string of the molecule is O=C(O)C(F)(F)F.[2H]C([2H])([2H])n1cc(-c2ccc(CN3CCC(C4CCN(c5ccc(NC6CCC(=O)NC6=O)cc5F)CC4)CC3)c(OC(F)(F)F)c2)c2ccncc2c1=O. The standard InChI is InChI=1S/C38H40F4N6O4.C2HF3O2/c1-46-22-30(28-8-13-43-20-29(28)37(46)51)25-2-3-26(34(18-25)52-38(40,41)42)21-47-14-9-23(10-15-47)24-11-16-48(17-12-24)33-6-4-27(19-31(33)39)44-32-5-7-35(49)45-36(32)50;3-2(4,5)1(6)7/h2-4,6,8,13,18-20,22-24,32,44H,5,7,9-12,14-17,21H2,1H3,(H,45,49,50);(H,6,7)/i1D3;. The molecule has 4 aromatic rings. The van der Waals surface area contributed by atoms with Gasteiger partial charge < -0.3 is 24.6 Å². The normalized spacial score (nSPS) is 19.5. The number of rotatable bonds is 8. The number of hydrogen-bond acceptors (Lipinski definition) is 9. The quantitative estimate of drug-likeness (QED) is 0.131. The molecule has 1 atom stereocenters. The van der Waals surface area contributed by atoms with Crippen molar-refractivity contribution in [3.63, 3.8) is 0 Å². The Balaban J connectivity index is 0.000000845. The first-order valence-electron chi connectivity index (χ1n) is 20.1. The number of alkyl halides is 6. The molecular weight excluding hydrogens is 793 g/mol. The molecule has 2 aromatic heterocycles. The minimum atomic E-state index is -5.08. The summed E-state index contributed by atoms with van der Waals surface area (Å²) in [5, 5.41) is 12.8. The Morgan fingerprint density at radius 1 is 0.949 bits per heavy atom. The lowest BCUT2D eigenvalue weighted by Gasteiger charge is -2.41. The maximum absolute atomic E-state index is 15.2. The van der Waals surface area contributed by atoms with E-state index >= 15 is 4.39 Å². The fraction of sp³-hybridized carbons (Fsp3) is 0.425. The van der Waals surface area contributed by atoms with Crippen LogP contribution in [0.2, 0.25) is 0 Å². The smallest absolute Gasteiger partial charge is 0.475 e. The van der Waals surface area contributed by atoms with E-state index in [9.17, 15) is 40.7 Å². The van der Waals surface area contributed by atoms with Crippen LogP contribution in [0.15, 0.2) is 65.8 Å². The highest BCUT2D eigenvalue weighted by atomic mass is 19.4. The van der Waals surface area contributed by atoms with E-state index in [4.69, 9.17) is 14.0 Å². The number of aromatic nitrogens is 2. The van der Waals surface area contributed by atoms with Gasteiger partial charge in [-0.2, -0.15) is 13.2 Å². The number of aliphatic carboxylic acids is 1. The van der Waals surface area contributed by atoms with Crippen molar-refractivity contribution in [1.82, 2.24) is 19.8 Å². The molecule has 0 saturated carbocycles. The number of anilines is 2. The van der Waals surface area contributed by atoms with Crippen LogP contribution in [0.25, 0.3) is 21.9 Å². The van der Waals surface area contributed by atoms with E-state index in [2.05, 4.69) is 25.3 Å². The van der Waals surface area contributed by atoms with Crippen LogP contribution in [0.1, 0.15) is 48.2 Å². The molecule has 59 heavy (non-hydrogen) atoms. The second-order valence-electron chi connectivity index (χ2n) is 14.6. The number of carboxylic acid groups (broad SMARTS) is 1. The van der Waals surface area contributed by atoms with Gasteiger partial charge >= 0.3 is 18.5 Å². The molecule has 0 bridgehead atoms. The third-order valence-electron chi connectivity index (χ3n) is 10.8. The van der Waals surface area contributed by atoms with Gasteiger partial charge in [0, 0.05) is 72.5 Å². The summed E-state index contributed by atoms with van der Waals surface area (Å²) in [4.78, 5) is 53.4. The van der Waals surface area contributed by atoms with Crippen molar-refractivity contribution in [2.24, 2.45) is 18.8 Å². The summed E-state index contributed by atoms with van der Waals surface area (Å²) < 4.78 is 117. The Hall–Kier alpha value is -5.72. The maximum atomic E-state index is 15.2. The summed E-state index contributed by atoms with van der Waals surface area (Å²) in [5.74, 6) is -3.43. The molecule has 2 aromatic carbocycles. The molecule has 3 aliphatic rings. The largest absolute Gasteiger partial charge is 0.573 e. The van der Waals surface area contributed by atoms with E-state index in [0.29, 0.717) is 71.3 Å². The Bertz CT molecular complexity index is 2360. The summed E-state index contributed by atoms with van der Waals surface area (Å²) in [6.07, 6.45) is -2.21. The van der Waals surface area contributed by atoms with Crippen LogP contribution in [-0.4, -0.2) is 82.1 Å². The number of likely N-dealkylation sites (tertiary alicyclic amines) is 1. The molecular formula is C40H41F7N6O6. The topological polar surface area (TPSA) is 146 Å². The van der Waals surface area contributed by atoms with Gasteiger partial charge in [-0.25, -0.2) is 9.18 Å². The number of carbonyl (C=O) groups excluding carboxylic acids is 2. The van der Waals surface area contributed by atoms with Gasteiger partial charge in [0.25, 0.3) is 5.56 Å². The van der Waals surface area contributed by atoms with Crippen LogP contribution in [-0.2, 0) is 27.9 Å². The lowest BCUT2D eigenvalue weighted by molar-refractivity contribution is -0.275. The van der Waals surface area contributed by atoms with Gasteiger partial charge in [0.1, 0.15) is 17.6 Å². The molecule has 1 unspecified atom stereocenters. The van der Waals surface area contributed by atoms with Gasteiger partial charge in [-0.05, 0) is 98.3 Å². The van der Waals surface area contributed by atoms with E-state index < -0.39 is 54.6 Å². The van der Waals surface area contributed by atoms with Crippen LogP contribution >= 0.6 is 0 Å². The van der Waals surface area contributed by atoms with Crippen molar-refractivity contribution in [2.45, 2.75) is 63.7 Å². The molecule has 3 saturated heterocycles. The van der Waals surface area contributed by atoms with E-state index in [1.165, 1.54) is 30.6 Å². The van der Waals surface area contributed by atoms with E-state index in [0.717, 1.165) is 31.9 Å². The Kier molecular flexibility index (Phi) is 11.6. The highest BCUT2D eigenvalue weighted by Crippen LogP contribution is 2.38. The summed E-state index contributed by atoms with van der Waals surface area (Å²) in [6.45, 7) is 0.105. The molecule has 3 N–H and O–H groups in total. The number of aryl methyl sites for hydroxylation is 1. The molecule has 3 aliphatic heterocycles. The second kappa shape index (κ2) is 17.6. The van der Waals surface area contributed by atoms with Crippen molar-refractivity contribution in [3.8, 4) is 16.9 Å². The molecule has 2 amide bonds. The van der Waals surface area contributed by atoms with Gasteiger partial charge in [0.15, 0.2) is 0 Å². The third-order valence-corrected chi connectivity index (χ3v) is 10.8. The number of hydrogen-bond donors (Lipinski definition) is 3. The summed E-state index contributed by atoms with van der Waals surface area (Å²) in [7, 11) is 0. The average Bonchev–Trinajstić information content (AvgIpc) is 3.19. The number of benzene rings is 2. The van der Waals surface area contributed by atoms with Crippen molar-refractivity contribution in [2.75, 3.05) is 36.4 Å². The monoisotopic (exact) mass is 837 g/mol. The van der Waals surface area contributed by atoms with Crippen LogP contribution in [0.4, 0.5) is 42.1 Å². The highest BCUT2D eigenvalue weighted by Gasteiger charge is 2.38. The second-order valence-corrected chi connectivity index (χ2v) is 14.6. The molecule has 12 nitrogen and oxygen atoms in total. The van der Waals surface area contributed by atoms with Gasteiger partial charge in [-0.3, -0.25) is 29.6 Å². The molecule has 19 heteroatoms. The van der Waals surface area contributed by atoms with Crippen molar-refractivity contribution >= 4 is 39.9 Å². The van der Waals surface area contributed by atoms with Crippen molar-refractivity contribution < 1.29 is 59.1 Å². The number of imide groups is 1. The zero-order valence-electron chi connectivity index (χ0n) is 34.2. The fourth-order valence-corrected chi connectivity index (χ4v) is 7.81. The number of halogens is 7. The van der Waals surface area contributed by atoms with E-state index in [1.807, 2.05) is 4.90 Å². The number of piperidine rings is 3. The van der Waals surface area contributed by atoms with E-state index in [1.54, 1.807) is 24.3 Å². The Morgan fingerprint density at radius 3 is 2.24 bits per heavy atom. The minimum Gasteiger partial charge on any atom is -0.475 e. The lowest BCUT2D eigenvalue weighted by atomic mass is 9.78. The first kappa shape index (κ1) is 38.8. The number of nitrogens with one attached hydrogen (secondary N) is 2. The lowest BCUT2D eigenvalue weighted by Crippen LogP contribution is -2.47. The number of nitrogens with zero attached hydrogens (tertiary/aromatic N) is 4. The zero-order chi connectivity index (χ0) is 45.1. The number of amides is 2. The van der Waals surface area contributed by atoms with Crippen LogP contribution in [0.5, 0.6) is 5.75 Å². The van der Waals surface area contributed by atoms with Crippen molar-refractivity contribution in [1.29, 1.82) is 0 Å². The average molecular weight is 838 g/mol. The van der Waals surface area contributed by atoms with Gasteiger partial charge in [-0.1, -0.05) is 12.1 Å². The molecule has 0 radical (unpaired) electrons. The van der Waals surface area contributed by atoms with Crippen molar-refractivity contribution in [3.05, 3.63) is 82.8 Å². The maximum Gasteiger partial charge on any atom is 0.573 e. The number of ether oxygens (including phenoxy) is 1. The number of pyridine rings is 2. The first-order chi connectivity index (χ1) is 29.1. The molecule has 7 rings (SSSR count). The molecule has 0 aliphatic carbocycles. The van der Waals surface area contributed by atoms with Crippen LogP contribution < -0.4 is 25.8 Å². The highest BCUT2D eigenvalue weighted by molar-refractivity contribution is 6.01. The summed E-state index contributed by atoms with van der Waals surface area (Å²) >= 11 is 0. The van der Waals surface area contributed by atoms with Gasteiger partial charge in [0.2, 0.25) is 11.8 Å².